The zero-order chi connectivity index (χ0) is 11.1. The first-order valence-corrected chi connectivity index (χ1v) is 6.77. The fourth-order valence-corrected chi connectivity index (χ4v) is 2.47. The van der Waals surface area contributed by atoms with Crippen LogP contribution in [0.3, 0.4) is 0 Å². The van der Waals surface area contributed by atoms with E-state index in [0.717, 1.165) is 40.4 Å². The van der Waals surface area contributed by atoms with Gasteiger partial charge in [-0.25, -0.2) is 0 Å². The summed E-state index contributed by atoms with van der Waals surface area (Å²) in [5.74, 6) is 0.945. The Morgan fingerprint density at radius 3 is 2.93 bits per heavy atom. The maximum Gasteiger partial charge on any atom is 0.0560 e. The van der Waals surface area contributed by atoms with Crippen molar-refractivity contribution in [1.82, 2.24) is 0 Å². The van der Waals surface area contributed by atoms with Crippen molar-refractivity contribution in [1.29, 1.82) is 0 Å². The first kappa shape index (κ1) is 12.9. The Balaban J connectivity index is 2.33. The average molecular weight is 290 g/mol. The molecule has 2 N–H and O–H groups in total. The smallest absolute Gasteiger partial charge is 0.0560 e. The van der Waals surface area contributed by atoms with E-state index >= 15 is 0 Å². The Bertz CT molecular complexity index is 307. The zero-order valence-corrected chi connectivity index (χ0v) is 11.2. The van der Waals surface area contributed by atoms with Crippen LogP contribution in [-0.4, -0.2) is 19.0 Å². The van der Waals surface area contributed by atoms with Gasteiger partial charge in [-0.3, -0.25) is 0 Å². The van der Waals surface area contributed by atoms with E-state index in [-0.39, 0.29) is 0 Å². The Morgan fingerprint density at radius 1 is 1.40 bits per heavy atom. The highest BCUT2D eigenvalue weighted by atomic mass is 79.9. The minimum absolute atomic E-state index is 0.782. The van der Waals surface area contributed by atoms with Crippen molar-refractivity contribution in [3.05, 3.63) is 22.7 Å². The third-order valence-corrected chi connectivity index (χ3v) is 3.34. The summed E-state index contributed by atoms with van der Waals surface area (Å²) in [6, 6.07) is 5.91. The lowest BCUT2D eigenvalue weighted by Gasteiger charge is -2.06. The summed E-state index contributed by atoms with van der Waals surface area (Å²) in [4.78, 5) is 1.12. The number of nitrogens with two attached hydrogens (primary N) is 1. The predicted octanol–water partition coefficient (Wildman–Crippen LogP) is 3.55. The normalized spacial score (nSPS) is 10.5. The van der Waals surface area contributed by atoms with E-state index in [1.165, 1.54) is 0 Å². The SMILES string of the molecule is CCCOCCSc1cc(Br)ccc1N. The molecule has 84 valence electrons. The van der Waals surface area contributed by atoms with Crippen LogP contribution in [0.15, 0.2) is 27.6 Å². The van der Waals surface area contributed by atoms with Gasteiger partial charge in [-0.05, 0) is 24.6 Å². The second-order valence-corrected chi connectivity index (χ2v) is 5.20. The molecule has 0 fully saturated rings. The second-order valence-electron chi connectivity index (χ2n) is 3.14. The van der Waals surface area contributed by atoms with E-state index in [9.17, 15) is 0 Å². The monoisotopic (exact) mass is 289 g/mol. The highest BCUT2D eigenvalue weighted by Gasteiger charge is 2.00. The van der Waals surface area contributed by atoms with Crippen molar-refractivity contribution in [2.75, 3.05) is 24.7 Å². The third kappa shape index (κ3) is 4.91. The summed E-state index contributed by atoms with van der Waals surface area (Å²) < 4.78 is 6.46. The third-order valence-electron chi connectivity index (χ3n) is 1.81. The molecule has 1 rings (SSSR count). The van der Waals surface area contributed by atoms with Gasteiger partial charge in [0.05, 0.1) is 6.61 Å². The van der Waals surface area contributed by atoms with E-state index < -0.39 is 0 Å². The molecule has 1 aromatic rings. The fraction of sp³-hybridized carbons (Fsp3) is 0.455. The maximum atomic E-state index is 5.85. The molecule has 0 atom stereocenters. The molecule has 0 bridgehead atoms. The number of hydrogen-bond acceptors (Lipinski definition) is 3. The van der Waals surface area contributed by atoms with Crippen molar-refractivity contribution >= 4 is 33.4 Å². The predicted molar refractivity (Wildman–Crippen MR) is 70.4 cm³/mol. The molecule has 0 spiro atoms. The van der Waals surface area contributed by atoms with E-state index in [4.69, 9.17) is 10.5 Å². The number of nitrogen functional groups attached to an aromatic ring is 1. The number of ether oxygens (including phenoxy) is 1. The molecule has 0 unspecified atom stereocenters. The van der Waals surface area contributed by atoms with E-state index in [0.29, 0.717) is 0 Å². The number of benzene rings is 1. The molecule has 0 aliphatic carbocycles. The lowest BCUT2D eigenvalue weighted by Crippen LogP contribution is -1.98. The van der Waals surface area contributed by atoms with Crippen molar-refractivity contribution in [3.63, 3.8) is 0 Å². The number of halogens is 1. The van der Waals surface area contributed by atoms with Gasteiger partial charge in [-0.15, -0.1) is 11.8 Å². The van der Waals surface area contributed by atoms with Gasteiger partial charge in [-0.2, -0.15) is 0 Å². The number of thioether (sulfide) groups is 1. The molecule has 0 amide bonds. The molecule has 0 saturated heterocycles. The molecule has 0 aromatic heterocycles. The highest BCUT2D eigenvalue weighted by molar-refractivity contribution is 9.10. The molecule has 0 saturated carbocycles. The summed E-state index contributed by atoms with van der Waals surface area (Å²) in [5, 5.41) is 0. The molecule has 0 aliphatic heterocycles. The van der Waals surface area contributed by atoms with Crippen LogP contribution in [0.1, 0.15) is 13.3 Å². The summed E-state index contributed by atoms with van der Waals surface area (Å²) >= 11 is 5.16. The van der Waals surface area contributed by atoms with Crippen molar-refractivity contribution in [2.45, 2.75) is 18.2 Å². The molecule has 0 aliphatic rings. The van der Waals surface area contributed by atoms with Crippen LogP contribution in [0.4, 0.5) is 5.69 Å². The standard InChI is InChI=1S/C11H16BrNOS/c1-2-5-14-6-7-15-11-8-9(12)3-4-10(11)13/h3-4,8H,2,5-7,13H2,1H3. The second kappa shape index (κ2) is 7.14. The Kier molecular flexibility index (Phi) is 6.13. The summed E-state index contributed by atoms with van der Waals surface area (Å²) in [6.07, 6.45) is 1.07. The molecular weight excluding hydrogens is 274 g/mol. The molecule has 15 heavy (non-hydrogen) atoms. The minimum atomic E-state index is 0.782. The van der Waals surface area contributed by atoms with E-state index in [1.54, 1.807) is 11.8 Å². The zero-order valence-electron chi connectivity index (χ0n) is 8.83. The van der Waals surface area contributed by atoms with Gasteiger partial charge < -0.3 is 10.5 Å². The van der Waals surface area contributed by atoms with Crippen molar-refractivity contribution in [3.8, 4) is 0 Å². The van der Waals surface area contributed by atoms with Crippen LogP contribution in [-0.2, 0) is 4.74 Å². The van der Waals surface area contributed by atoms with Crippen LogP contribution in [0.2, 0.25) is 0 Å². The molecule has 4 heteroatoms. The van der Waals surface area contributed by atoms with Crippen LogP contribution in [0, 0.1) is 0 Å². The van der Waals surface area contributed by atoms with Gasteiger partial charge in [0.25, 0.3) is 0 Å². The summed E-state index contributed by atoms with van der Waals surface area (Å²) in [5.41, 5.74) is 6.68. The quantitative estimate of drug-likeness (QED) is 0.494. The number of hydrogen-bond donors (Lipinski definition) is 1. The number of rotatable bonds is 6. The van der Waals surface area contributed by atoms with Crippen LogP contribution < -0.4 is 5.73 Å². The molecule has 0 heterocycles. The van der Waals surface area contributed by atoms with Gasteiger partial charge >= 0.3 is 0 Å². The van der Waals surface area contributed by atoms with Gasteiger partial charge in [0, 0.05) is 27.4 Å². The van der Waals surface area contributed by atoms with Gasteiger partial charge in [0.15, 0.2) is 0 Å². The summed E-state index contributed by atoms with van der Waals surface area (Å²) in [7, 11) is 0. The van der Waals surface area contributed by atoms with Crippen LogP contribution in [0.5, 0.6) is 0 Å². The highest BCUT2D eigenvalue weighted by Crippen LogP contribution is 2.27. The molecular formula is C11H16BrNOS. The lowest BCUT2D eigenvalue weighted by molar-refractivity contribution is 0.151. The Hall–Kier alpha value is -0.190. The number of anilines is 1. The average Bonchev–Trinajstić information content (AvgIpc) is 2.23. The molecule has 1 aromatic carbocycles. The van der Waals surface area contributed by atoms with Crippen LogP contribution >= 0.6 is 27.7 Å². The maximum absolute atomic E-state index is 5.85. The van der Waals surface area contributed by atoms with Gasteiger partial charge in [0.1, 0.15) is 0 Å². The van der Waals surface area contributed by atoms with E-state index in [1.807, 2.05) is 18.2 Å². The lowest BCUT2D eigenvalue weighted by atomic mass is 10.3. The van der Waals surface area contributed by atoms with Crippen molar-refractivity contribution in [2.24, 2.45) is 0 Å². The van der Waals surface area contributed by atoms with Gasteiger partial charge in [-0.1, -0.05) is 22.9 Å². The molecule has 2 nitrogen and oxygen atoms in total. The van der Waals surface area contributed by atoms with Crippen molar-refractivity contribution < 1.29 is 4.74 Å². The first-order valence-electron chi connectivity index (χ1n) is 4.99. The van der Waals surface area contributed by atoms with E-state index in [2.05, 4.69) is 22.9 Å². The topological polar surface area (TPSA) is 35.2 Å². The first-order chi connectivity index (χ1) is 7.24. The largest absolute Gasteiger partial charge is 0.398 e. The Labute approximate surface area is 104 Å². The Morgan fingerprint density at radius 2 is 2.20 bits per heavy atom. The fourth-order valence-electron chi connectivity index (χ4n) is 1.09. The summed E-state index contributed by atoms with van der Waals surface area (Å²) in [6.45, 7) is 3.73. The molecule has 0 radical (unpaired) electrons. The minimum Gasteiger partial charge on any atom is -0.398 e. The van der Waals surface area contributed by atoms with Gasteiger partial charge in [0.2, 0.25) is 0 Å². The van der Waals surface area contributed by atoms with Crippen LogP contribution in [0.25, 0.3) is 0 Å².